The number of pyridine rings is 1. The number of nitrogen functional groups attached to an aromatic ring is 1. The number of halogens is 1. The molecule has 4 nitrogen and oxygen atoms in total. The molecule has 2 N–H and O–H groups in total. The van der Waals surface area contributed by atoms with Crippen LogP contribution in [-0.4, -0.2) is 11.6 Å². The van der Waals surface area contributed by atoms with Gasteiger partial charge in [0.2, 0.25) is 5.88 Å². The Bertz CT molecular complexity index is 544. The molecular formula is C14H15ClN2O2. The third kappa shape index (κ3) is 3.76. The minimum Gasteiger partial charge on any atom is -0.494 e. The normalized spacial score (nSPS) is 10.2. The Hall–Kier alpha value is -1.94. The number of rotatable bonds is 5. The van der Waals surface area contributed by atoms with Gasteiger partial charge in [-0.15, -0.1) is 0 Å². The first-order chi connectivity index (χ1) is 9.19. The van der Waals surface area contributed by atoms with Crippen molar-refractivity contribution in [3.05, 3.63) is 41.6 Å². The van der Waals surface area contributed by atoms with Crippen LogP contribution >= 0.6 is 11.6 Å². The van der Waals surface area contributed by atoms with Crippen molar-refractivity contribution in [2.75, 3.05) is 12.3 Å². The van der Waals surface area contributed by atoms with Gasteiger partial charge in [-0.25, -0.2) is 4.98 Å². The van der Waals surface area contributed by atoms with E-state index in [-0.39, 0.29) is 0 Å². The van der Waals surface area contributed by atoms with Crippen molar-refractivity contribution in [3.8, 4) is 17.4 Å². The number of aromatic nitrogens is 1. The third-order valence-electron chi connectivity index (χ3n) is 2.34. The average molecular weight is 279 g/mol. The lowest BCUT2D eigenvalue weighted by Gasteiger charge is -2.08. The lowest BCUT2D eigenvalue weighted by molar-refractivity contribution is 0.317. The molecule has 0 fully saturated rings. The van der Waals surface area contributed by atoms with E-state index in [1.54, 1.807) is 18.2 Å². The first-order valence-corrected chi connectivity index (χ1v) is 6.38. The number of ether oxygens (including phenoxy) is 2. The summed E-state index contributed by atoms with van der Waals surface area (Å²) < 4.78 is 11.1. The predicted molar refractivity (Wildman–Crippen MR) is 76.0 cm³/mol. The molecule has 2 rings (SSSR count). The van der Waals surface area contributed by atoms with Crippen LogP contribution in [0.1, 0.15) is 13.3 Å². The van der Waals surface area contributed by atoms with E-state index in [1.165, 1.54) is 6.20 Å². The molecule has 0 saturated carbocycles. The molecule has 1 heterocycles. The smallest absolute Gasteiger partial charge is 0.238 e. The highest BCUT2D eigenvalue weighted by Gasteiger charge is 2.05. The molecule has 19 heavy (non-hydrogen) atoms. The monoisotopic (exact) mass is 278 g/mol. The molecule has 0 radical (unpaired) electrons. The quantitative estimate of drug-likeness (QED) is 0.901. The summed E-state index contributed by atoms with van der Waals surface area (Å²) in [7, 11) is 0. The molecular weight excluding hydrogens is 264 g/mol. The highest BCUT2D eigenvalue weighted by Crippen LogP contribution is 2.29. The van der Waals surface area contributed by atoms with Crippen LogP contribution in [0.4, 0.5) is 5.69 Å². The Morgan fingerprint density at radius 1 is 1.21 bits per heavy atom. The second kappa shape index (κ2) is 6.29. The molecule has 0 aliphatic heterocycles. The summed E-state index contributed by atoms with van der Waals surface area (Å²) in [5, 5.41) is 0.381. The van der Waals surface area contributed by atoms with E-state index in [0.717, 1.165) is 12.2 Å². The van der Waals surface area contributed by atoms with Crippen molar-refractivity contribution in [1.29, 1.82) is 0 Å². The minimum absolute atomic E-state index is 0.332. The van der Waals surface area contributed by atoms with E-state index < -0.39 is 0 Å². The van der Waals surface area contributed by atoms with Crippen molar-refractivity contribution in [1.82, 2.24) is 4.98 Å². The Labute approximate surface area is 117 Å². The number of hydrogen-bond acceptors (Lipinski definition) is 4. The first-order valence-electron chi connectivity index (χ1n) is 6.01. The molecule has 100 valence electrons. The van der Waals surface area contributed by atoms with Gasteiger partial charge in [0.15, 0.2) is 0 Å². The summed E-state index contributed by atoms with van der Waals surface area (Å²) in [5.74, 6) is 1.78. The van der Waals surface area contributed by atoms with Gasteiger partial charge in [-0.2, -0.15) is 0 Å². The third-order valence-corrected chi connectivity index (χ3v) is 2.61. The van der Waals surface area contributed by atoms with Crippen molar-refractivity contribution >= 4 is 17.3 Å². The second-order valence-corrected chi connectivity index (χ2v) is 4.38. The number of hydrogen-bond donors (Lipinski definition) is 1. The maximum absolute atomic E-state index is 5.99. The summed E-state index contributed by atoms with van der Waals surface area (Å²) in [6.45, 7) is 2.76. The van der Waals surface area contributed by atoms with Crippen LogP contribution < -0.4 is 15.2 Å². The van der Waals surface area contributed by atoms with Crippen LogP contribution in [0.15, 0.2) is 36.5 Å². The van der Waals surface area contributed by atoms with Gasteiger partial charge in [-0.3, -0.25) is 0 Å². The van der Waals surface area contributed by atoms with Gasteiger partial charge in [0.25, 0.3) is 0 Å². The fraction of sp³-hybridized carbons (Fsp3) is 0.214. The Kier molecular flexibility index (Phi) is 4.47. The van der Waals surface area contributed by atoms with Gasteiger partial charge in [-0.05, 0) is 36.8 Å². The van der Waals surface area contributed by atoms with Gasteiger partial charge in [0.1, 0.15) is 16.5 Å². The number of nitrogens with zero attached hydrogens (tertiary/aromatic N) is 1. The van der Waals surface area contributed by atoms with E-state index in [4.69, 9.17) is 26.8 Å². The molecule has 1 aromatic carbocycles. The van der Waals surface area contributed by atoms with Crippen molar-refractivity contribution in [3.63, 3.8) is 0 Å². The summed E-state index contributed by atoms with van der Waals surface area (Å²) in [5.41, 5.74) is 6.07. The number of benzene rings is 1. The van der Waals surface area contributed by atoms with Gasteiger partial charge < -0.3 is 15.2 Å². The van der Waals surface area contributed by atoms with E-state index in [9.17, 15) is 0 Å². The van der Waals surface area contributed by atoms with Gasteiger partial charge in [-0.1, -0.05) is 18.5 Å². The molecule has 0 spiro atoms. The average Bonchev–Trinajstić information content (AvgIpc) is 2.41. The molecule has 0 saturated heterocycles. The lowest BCUT2D eigenvalue weighted by atomic mass is 10.3. The molecule has 0 aliphatic rings. The lowest BCUT2D eigenvalue weighted by Crippen LogP contribution is -1.95. The molecule has 0 atom stereocenters. The summed E-state index contributed by atoms with van der Waals surface area (Å²) in [4.78, 5) is 4.03. The molecule has 2 aromatic rings. The van der Waals surface area contributed by atoms with Crippen LogP contribution in [0.5, 0.6) is 17.4 Å². The van der Waals surface area contributed by atoms with Crippen LogP contribution in [-0.2, 0) is 0 Å². The Morgan fingerprint density at radius 2 is 1.89 bits per heavy atom. The second-order valence-electron chi connectivity index (χ2n) is 3.98. The van der Waals surface area contributed by atoms with Crippen molar-refractivity contribution in [2.45, 2.75) is 13.3 Å². The van der Waals surface area contributed by atoms with Crippen LogP contribution in [0.25, 0.3) is 0 Å². The molecule has 0 bridgehead atoms. The van der Waals surface area contributed by atoms with E-state index >= 15 is 0 Å². The van der Waals surface area contributed by atoms with Crippen molar-refractivity contribution in [2.24, 2.45) is 0 Å². The first kappa shape index (κ1) is 13.5. The highest BCUT2D eigenvalue weighted by molar-refractivity contribution is 6.32. The van der Waals surface area contributed by atoms with E-state index in [0.29, 0.717) is 28.9 Å². The predicted octanol–water partition coefficient (Wildman–Crippen LogP) is 3.90. The largest absolute Gasteiger partial charge is 0.494 e. The molecule has 1 aromatic heterocycles. The van der Waals surface area contributed by atoms with Gasteiger partial charge in [0.05, 0.1) is 18.5 Å². The van der Waals surface area contributed by atoms with Crippen molar-refractivity contribution < 1.29 is 9.47 Å². The summed E-state index contributed by atoms with van der Waals surface area (Å²) >= 11 is 5.99. The standard InChI is InChI=1S/C14H15ClN2O2/c1-2-7-18-11-3-5-12(6-4-11)19-14-13(15)8-10(16)9-17-14/h3-6,8-9H,2,7,16H2,1H3. The topological polar surface area (TPSA) is 57.4 Å². The number of nitrogens with two attached hydrogens (primary N) is 1. The molecule has 0 unspecified atom stereocenters. The zero-order valence-corrected chi connectivity index (χ0v) is 11.4. The summed E-state index contributed by atoms with van der Waals surface area (Å²) in [6, 6.07) is 8.90. The minimum atomic E-state index is 0.332. The zero-order chi connectivity index (χ0) is 13.7. The van der Waals surface area contributed by atoms with Gasteiger partial charge in [0, 0.05) is 0 Å². The maximum Gasteiger partial charge on any atom is 0.238 e. The zero-order valence-electron chi connectivity index (χ0n) is 10.6. The van der Waals surface area contributed by atoms with Gasteiger partial charge >= 0.3 is 0 Å². The Balaban J connectivity index is 2.06. The summed E-state index contributed by atoms with van der Waals surface area (Å²) in [6.07, 6.45) is 2.48. The fourth-order valence-electron chi connectivity index (χ4n) is 1.45. The fourth-order valence-corrected chi connectivity index (χ4v) is 1.66. The molecule has 0 amide bonds. The van der Waals surface area contributed by atoms with E-state index in [1.807, 2.05) is 12.1 Å². The van der Waals surface area contributed by atoms with E-state index in [2.05, 4.69) is 11.9 Å². The highest BCUT2D eigenvalue weighted by atomic mass is 35.5. The van der Waals surface area contributed by atoms with Crippen LogP contribution in [0, 0.1) is 0 Å². The SMILES string of the molecule is CCCOc1ccc(Oc2ncc(N)cc2Cl)cc1. The molecule has 5 heteroatoms. The molecule has 0 aliphatic carbocycles. The van der Waals surface area contributed by atoms with Crippen LogP contribution in [0.3, 0.4) is 0 Å². The number of anilines is 1. The Morgan fingerprint density at radius 3 is 2.53 bits per heavy atom. The maximum atomic E-state index is 5.99. The van der Waals surface area contributed by atoms with Crippen LogP contribution in [0.2, 0.25) is 5.02 Å².